The minimum atomic E-state index is -0.527. The Balaban J connectivity index is 1.75. The Morgan fingerprint density at radius 2 is 2.00 bits per heavy atom. The number of nitro groups is 1. The molecule has 0 saturated carbocycles. The Morgan fingerprint density at radius 1 is 1.21 bits per heavy atom. The fourth-order valence-corrected chi connectivity index (χ4v) is 2.95. The molecule has 0 bridgehead atoms. The molecule has 0 saturated heterocycles. The van der Waals surface area contributed by atoms with Crippen LogP contribution in [0.5, 0.6) is 5.75 Å². The van der Waals surface area contributed by atoms with Gasteiger partial charge in [-0.1, -0.05) is 23.2 Å². The van der Waals surface area contributed by atoms with E-state index in [0.717, 1.165) is 0 Å². The van der Waals surface area contributed by atoms with Crippen LogP contribution in [0.15, 0.2) is 58.0 Å². The summed E-state index contributed by atoms with van der Waals surface area (Å²) in [5.41, 5.74) is 2.66. The highest BCUT2D eigenvalue weighted by molar-refractivity contribution is 6.36. The summed E-state index contributed by atoms with van der Waals surface area (Å²) in [4.78, 5) is 22.9. The van der Waals surface area contributed by atoms with Crippen molar-refractivity contribution in [3.05, 3.63) is 80.0 Å². The smallest absolute Gasteiger partial charge is 0.284 e. The quantitative estimate of drug-likeness (QED) is 0.336. The van der Waals surface area contributed by atoms with Gasteiger partial charge in [0.05, 0.1) is 40.5 Å². The van der Waals surface area contributed by atoms with E-state index in [9.17, 15) is 14.9 Å². The molecule has 29 heavy (non-hydrogen) atoms. The minimum absolute atomic E-state index is 0.159. The highest BCUT2D eigenvalue weighted by Gasteiger charge is 2.19. The molecular weight excluding hydrogens is 421 g/mol. The van der Waals surface area contributed by atoms with Gasteiger partial charge in [0.15, 0.2) is 0 Å². The van der Waals surface area contributed by atoms with Crippen molar-refractivity contribution in [3.8, 4) is 17.1 Å². The van der Waals surface area contributed by atoms with Gasteiger partial charge in [-0.2, -0.15) is 5.10 Å². The molecule has 0 atom stereocenters. The van der Waals surface area contributed by atoms with Gasteiger partial charge in [-0.05, 0) is 42.5 Å². The standard InChI is InChI=1S/C19H13Cl2N3O5/c1-28-12-3-6-15(17(9-12)24(26)27)18-7-4-13(29-18)10-22-23-19(25)14-5-2-11(20)8-16(14)21/h2-10H,1H3,(H,23,25)/b22-10+. The lowest BCUT2D eigenvalue weighted by atomic mass is 10.1. The zero-order valence-electron chi connectivity index (χ0n) is 14.9. The maximum Gasteiger partial charge on any atom is 0.284 e. The van der Waals surface area contributed by atoms with Crippen LogP contribution in [0.25, 0.3) is 11.3 Å². The van der Waals surface area contributed by atoms with Gasteiger partial charge in [-0.25, -0.2) is 5.43 Å². The number of ether oxygens (including phenoxy) is 1. The van der Waals surface area contributed by atoms with Crippen LogP contribution in [0.3, 0.4) is 0 Å². The monoisotopic (exact) mass is 433 g/mol. The summed E-state index contributed by atoms with van der Waals surface area (Å²) in [6.45, 7) is 0. The normalized spacial score (nSPS) is 10.9. The number of methoxy groups -OCH3 is 1. The van der Waals surface area contributed by atoms with Crippen LogP contribution in [-0.4, -0.2) is 24.2 Å². The van der Waals surface area contributed by atoms with E-state index in [1.165, 1.54) is 43.7 Å². The number of carbonyl (C=O) groups is 1. The van der Waals surface area contributed by atoms with Crippen molar-refractivity contribution in [2.75, 3.05) is 7.11 Å². The predicted octanol–water partition coefficient (Wildman–Crippen LogP) is 4.93. The number of rotatable bonds is 6. The molecular formula is C19H13Cl2N3O5. The molecule has 0 radical (unpaired) electrons. The molecule has 0 aliphatic carbocycles. The van der Waals surface area contributed by atoms with Gasteiger partial charge in [0, 0.05) is 5.02 Å². The van der Waals surface area contributed by atoms with E-state index in [1.54, 1.807) is 18.2 Å². The molecule has 1 amide bonds. The summed E-state index contributed by atoms with van der Waals surface area (Å²) in [5.74, 6) is 0.387. The SMILES string of the molecule is COc1ccc(-c2ccc(/C=N/NC(=O)c3ccc(Cl)cc3Cl)o2)c([N+](=O)[O-])c1. The molecule has 0 fully saturated rings. The van der Waals surface area contributed by atoms with Gasteiger partial charge in [-0.3, -0.25) is 14.9 Å². The van der Waals surface area contributed by atoms with Gasteiger partial charge in [-0.15, -0.1) is 0 Å². The molecule has 0 aliphatic rings. The fourth-order valence-electron chi connectivity index (χ4n) is 2.45. The Bertz CT molecular complexity index is 1110. The topological polar surface area (TPSA) is 107 Å². The Kier molecular flexibility index (Phi) is 6.16. The number of hydrogen-bond acceptors (Lipinski definition) is 6. The zero-order valence-corrected chi connectivity index (χ0v) is 16.4. The van der Waals surface area contributed by atoms with Crippen molar-refractivity contribution in [1.82, 2.24) is 5.43 Å². The van der Waals surface area contributed by atoms with Crippen LogP contribution in [0.1, 0.15) is 16.1 Å². The number of benzene rings is 2. The van der Waals surface area contributed by atoms with E-state index in [-0.39, 0.29) is 33.4 Å². The van der Waals surface area contributed by atoms with Crippen LogP contribution < -0.4 is 10.2 Å². The lowest BCUT2D eigenvalue weighted by molar-refractivity contribution is -0.384. The van der Waals surface area contributed by atoms with E-state index >= 15 is 0 Å². The third kappa shape index (κ3) is 4.74. The third-order valence-electron chi connectivity index (χ3n) is 3.83. The number of nitro benzene ring substituents is 1. The maximum absolute atomic E-state index is 12.1. The molecule has 148 valence electrons. The number of amides is 1. The average Bonchev–Trinajstić information content (AvgIpc) is 3.16. The number of furan rings is 1. The van der Waals surface area contributed by atoms with Gasteiger partial charge in [0.2, 0.25) is 0 Å². The van der Waals surface area contributed by atoms with Gasteiger partial charge < -0.3 is 9.15 Å². The molecule has 3 aromatic rings. The van der Waals surface area contributed by atoms with E-state index in [2.05, 4.69) is 10.5 Å². The first kappa shape index (κ1) is 20.4. The third-order valence-corrected chi connectivity index (χ3v) is 4.38. The Labute approximate surface area is 174 Å². The molecule has 1 heterocycles. The zero-order chi connectivity index (χ0) is 21.0. The first-order valence-electron chi connectivity index (χ1n) is 8.10. The number of nitrogens with one attached hydrogen (secondary N) is 1. The van der Waals surface area contributed by atoms with E-state index in [1.807, 2.05) is 0 Å². The Hall–Kier alpha value is -3.36. The number of nitrogens with zero attached hydrogens (tertiary/aromatic N) is 2. The summed E-state index contributed by atoms with van der Waals surface area (Å²) < 4.78 is 10.6. The molecule has 1 aromatic heterocycles. The lowest BCUT2D eigenvalue weighted by Gasteiger charge is -2.03. The highest BCUT2D eigenvalue weighted by atomic mass is 35.5. The first-order valence-corrected chi connectivity index (χ1v) is 8.85. The van der Waals surface area contributed by atoms with Crippen LogP contribution in [0.2, 0.25) is 10.0 Å². The summed E-state index contributed by atoms with van der Waals surface area (Å²) in [6.07, 6.45) is 1.26. The van der Waals surface area contributed by atoms with Crippen molar-refractivity contribution in [2.24, 2.45) is 5.10 Å². The molecule has 10 heteroatoms. The van der Waals surface area contributed by atoms with E-state index in [4.69, 9.17) is 32.4 Å². The average molecular weight is 434 g/mol. The molecule has 8 nitrogen and oxygen atoms in total. The fraction of sp³-hybridized carbons (Fsp3) is 0.0526. The molecule has 0 aliphatic heterocycles. The predicted molar refractivity (Wildman–Crippen MR) is 109 cm³/mol. The largest absolute Gasteiger partial charge is 0.497 e. The lowest BCUT2D eigenvalue weighted by Crippen LogP contribution is -2.17. The molecule has 0 spiro atoms. The van der Waals surface area contributed by atoms with Gasteiger partial charge in [0.25, 0.3) is 11.6 Å². The van der Waals surface area contributed by atoms with Gasteiger partial charge >= 0.3 is 0 Å². The van der Waals surface area contributed by atoms with Crippen LogP contribution in [0.4, 0.5) is 5.69 Å². The van der Waals surface area contributed by atoms with Crippen LogP contribution in [-0.2, 0) is 0 Å². The number of halogens is 2. The second-order valence-corrected chi connectivity index (χ2v) is 6.51. The summed E-state index contributed by atoms with van der Waals surface area (Å²) >= 11 is 11.8. The van der Waals surface area contributed by atoms with Gasteiger partial charge in [0.1, 0.15) is 17.3 Å². The van der Waals surface area contributed by atoms with E-state index < -0.39 is 10.8 Å². The van der Waals surface area contributed by atoms with Crippen molar-refractivity contribution in [3.63, 3.8) is 0 Å². The molecule has 2 aromatic carbocycles. The minimum Gasteiger partial charge on any atom is -0.497 e. The molecule has 0 unspecified atom stereocenters. The number of hydrazone groups is 1. The van der Waals surface area contributed by atoms with E-state index in [0.29, 0.717) is 10.8 Å². The highest BCUT2D eigenvalue weighted by Crippen LogP contribution is 2.33. The van der Waals surface area contributed by atoms with Crippen LogP contribution >= 0.6 is 23.2 Å². The maximum atomic E-state index is 12.1. The second-order valence-electron chi connectivity index (χ2n) is 5.67. The van der Waals surface area contributed by atoms with Crippen molar-refractivity contribution in [1.29, 1.82) is 0 Å². The Morgan fingerprint density at radius 3 is 2.69 bits per heavy atom. The van der Waals surface area contributed by atoms with Crippen molar-refractivity contribution >= 4 is 41.0 Å². The molecule has 3 rings (SSSR count). The number of carbonyl (C=O) groups excluding carboxylic acids is 1. The first-order chi connectivity index (χ1) is 13.9. The van der Waals surface area contributed by atoms with Crippen LogP contribution in [0, 0.1) is 10.1 Å². The second kappa shape index (κ2) is 8.76. The van der Waals surface area contributed by atoms with Crippen molar-refractivity contribution < 1.29 is 18.9 Å². The summed E-state index contributed by atoms with van der Waals surface area (Å²) in [6, 6.07) is 12.0. The summed E-state index contributed by atoms with van der Waals surface area (Å²) in [5, 5.41) is 15.7. The summed E-state index contributed by atoms with van der Waals surface area (Å²) in [7, 11) is 1.42. The molecule has 1 N–H and O–H groups in total. The van der Waals surface area contributed by atoms with Crippen molar-refractivity contribution in [2.45, 2.75) is 0 Å². The number of hydrogen-bond donors (Lipinski definition) is 1.